The second-order valence-electron chi connectivity index (χ2n) is 6.27. The van der Waals surface area contributed by atoms with E-state index in [9.17, 15) is 4.79 Å². The monoisotopic (exact) mass is 409 g/mol. The molecular weight excluding hydrogens is 386 g/mol. The Labute approximate surface area is 174 Å². The van der Waals surface area contributed by atoms with Gasteiger partial charge in [0.1, 0.15) is 6.54 Å². The van der Waals surface area contributed by atoms with E-state index in [1.54, 1.807) is 18.2 Å². The maximum Gasteiger partial charge on any atom is 0.254 e. The number of carbonyl (C=O) groups is 1. The highest BCUT2D eigenvalue weighted by molar-refractivity contribution is 5.95. The topological polar surface area (TPSA) is 86.9 Å². The molecular formula is C22H23N3O5. The van der Waals surface area contributed by atoms with Crippen LogP contribution in [0.4, 0.5) is 0 Å². The fourth-order valence-corrected chi connectivity index (χ4v) is 2.95. The predicted octanol–water partition coefficient (Wildman–Crippen LogP) is 3.59. The molecule has 8 nitrogen and oxygen atoms in total. The maximum atomic E-state index is 13.2. The summed E-state index contributed by atoms with van der Waals surface area (Å²) in [4.78, 5) is 19.1. The Balaban J connectivity index is 1.87. The first-order valence-corrected chi connectivity index (χ1v) is 9.19. The standard InChI is InChI=1S/C22H23N3O5/c1-5-11-25(14-19-23-21(24-30-19)15-9-7-6-8-10-15)22(26)16-12-17(27-2)20(29-4)18(13-16)28-3/h5-10,12-13H,1,11,14H2,2-4H3. The van der Waals surface area contributed by atoms with Crippen LogP contribution in [0.3, 0.4) is 0 Å². The number of ether oxygens (including phenoxy) is 3. The highest BCUT2D eigenvalue weighted by atomic mass is 16.5. The van der Waals surface area contributed by atoms with Crippen molar-refractivity contribution in [3.8, 4) is 28.6 Å². The van der Waals surface area contributed by atoms with Crippen LogP contribution in [0.1, 0.15) is 16.2 Å². The van der Waals surface area contributed by atoms with Gasteiger partial charge in [-0.2, -0.15) is 4.98 Å². The van der Waals surface area contributed by atoms with E-state index < -0.39 is 0 Å². The highest BCUT2D eigenvalue weighted by Crippen LogP contribution is 2.38. The second-order valence-corrected chi connectivity index (χ2v) is 6.27. The van der Waals surface area contributed by atoms with Crippen molar-refractivity contribution in [3.63, 3.8) is 0 Å². The number of hydrogen-bond donors (Lipinski definition) is 0. The molecule has 0 saturated carbocycles. The molecule has 2 aromatic carbocycles. The average molecular weight is 409 g/mol. The van der Waals surface area contributed by atoms with Crippen LogP contribution in [0.2, 0.25) is 0 Å². The molecule has 3 rings (SSSR count). The molecule has 0 unspecified atom stereocenters. The average Bonchev–Trinajstić information content (AvgIpc) is 3.26. The third-order valence-electron chi connectivity index (χ3n) is 4.37. The molecule has 8 heteroatoms. The SMILES string of the molecule is C=CCN(Cc1nc(-c2ccccc2)no1)C(=O)c1cc(OC)c(OC)c(OC)c1. The molecule has 156 valence electrons. The van der Waals surface area contributed by atoms with Crippen molar-refractivity contribution in [2.75, 3.05) is 27.9 Å². The molecule has 1 amide bonds. The van der Waals surface area contributed by atoms with Crippen molar-refractivity contribution in [2.45, 2.75) is 6.54 Å². The summed E-state index contributed by atoms with van der Waals surface area (Å²) in [6.07, 6.45) is 1.63. The van der Waals surface area contributed by atoms with Gasteiger partial charge in [0.15, 0.2) is 11.5 Å². The van der Waals surface area contributed by atoms with E-state index in [1.807, 2.05) is 30.3 Å². The van der Waals surface area contributed by atoms with E-state index in [2.05, 4.69) is 16.7 Å². The molecule has 0 atom stereocenters. The first-order chi connectivity index (χ1) is 14.6. The Bertz CT molecular complexity index is 992. The van der Waals surface area contributed by atoms with Crippen LogP contribution in [0.15, 0.2) is 59.6 Å². The number of amides is 1. The first-order valence-electron chi connectivity index (χ1n) is 9.19. The van der Waals surface area contributed by atoms with Gasteiger partial charge in [-0.05, 0) is 12.1 Å². The van der Waals surface area contributed by atoms with Crippen LogP contribution in [0, 0.1) is 0 Å². The summed E-state index contributed by atoms with van der Waals surface area (Å²) in [7, 11) is 4.50. The van der Waals surface area contributed by atoms with E-state index in [0.717, 1.165) is 5.56 Å². The van der Waals surface area contributed by atoms with Gasteiger partial charge in [-0.1, -0.05) is 41.6 Å². The number of benzene rings is 2. The Morgan fingerprint density at radius 2 is 1.77 bits per heavy atom. The van der Waals surface area contributed by atoms with Crippen molar-refractivity contribution < 1.29 is 23.5 Å². The van der Waals surface area contributed by atoms with Gasteiger partial charge < -0.3 is 23.6 Å². The van der Waals surface area contributed by atoms with Gasteiger partial charge in [0.2, 0.25) is 17.5 Å². The summed E-state index contributed by atoms with van der Waals surface area (Å²) < 4.78 is 21.4. The van der Waals surface area contributed by atoms with Crippen LogP contribution in [-0.2, 0) is 6.54 Å². The number of rotatable bonds is 9. The van der Waals surface area contributed by atoms with E-state index in [-0.39, 0.29) is 12.5 Å². The molecule has 0 aliphatic carbocycles. The van der Waals surface area contributed by atoms with Crippen molar-refractivity contribution >= 4 is 5.91 Å². The zero-order valence-electron chi connectivity index (χ0n) is 17.1. The normalized spacial score (nSPS) is 10.4. The van der Waals surface area contributed by atoms with Crippen LogP contribution in [0.5, 0.6) is 17.2 Å². The van der Waals surface area contributed by atoms with Crippen LogP contribution in [0.25, 0.3) is 11.4 Å². The molecule has 0 N–H and O–H groups in total. The van der Waals surface area contributed by atoms with Crippen molar-refractivity contribution in [1.29, 1.82) is 0 Å². The molecule has 30 heavy (non-hydrogen) atoms. The van der Waals surface area contributed by atoms with E-state index in [1.165, 1.54) is 26.2 Å². The largest absolute Gasteiger partial charge is 0.493 e. The smallest absolute Gasteiger partial charge is 0.254 e. The summed E-state index contributed by atoms with van der Waals surface area (Å²) >= 11 is 0. The Morgan fingerprint density at radius 1 is 1.10 bits per heavy atom. The molecule has 0 aliphatic heterocycles. The second kappa shape index (κ2) is 9.60. The molecule has 0 radical (unpaired) electrons. The van der Waals surface area contributed by atoms with Gasteiger partial charge in [0, 0.05) is 17.7 Å². The Kier molecular flexibility index (Phi) is 6.69. The maximum absolute atomic E-state index is 13.2. The molecule has 0 saturated heterocycles. The lowest BCUT2D eigenvalue weighted by molar-refractivity contribution is 0.0744. The lowest BCUT2D eigenvalue weighted by Gasteiger charge is -2.20. The lowest BCUT2D eigenvalue weighted by atomic mass is 10.1. The van der Waals surface area contributed by atoms with Gasteiger partial charge in [-0.15, -0.1) is 6.58 Å². The van der Waals surface area contributed by atoms with E-state index >= 15 is 0 Å². The summed E-state index contributed by atoms with van der Waals surface area (Å²) in [5, 5.41) is 4.00. The van der Waals surface area contributed by atoms with Crippen LogP contribution < -0.4 is 14.2 Å². The molecule has 3 aromatic rings. The summed E-state index contributed by atoms with van der Waals surface area (Å²) in [6, 6.07) is 12.7. The Morgan fingerprint density at radius 3 is 2.33 bits per heavy atom. The fourth-order valence-electron chi connectivity index (χ4n) is 2.95. The quantitative estimate of drug-likeness (QED) is 0.499. The molecule has 0 fully saturated rings. The minimum atomic E-state index is -0.270. The summed E-state index contributed by atoms with van der Waals surface area (Å²) in [6.45, 7) is 4.15. The molecule has 1 heterocycles. The fraction of sp³-hybridized carbons (Fsp3) is 0.227. The predicted molar refractivity (Wildman–Crippen MR) is 111 cm³/mol. The van der Waals surface area contributed by atoms with Gasteiger partial charge in [0.05, 0.1) is 21.3 Å². The number of methoxy groups -OCH3 is 3. The zero-order valence-corrected chi connectivity index (χ0v) is 17.1. The molecule has 0 aliphatic rings. The van der Waals surface area contributed by atoms with Crippen LogP contribution in [-0.4, -0.2) is 48.8 Å². The van der Waals surface area contributed by atoms with Gasteiger partial charge in [-0.25, -0.2) is 0 Å². The summed E-state index contributed by atoms with van der Waals surface area (Å²) in [5.74, 6) is 1.71. The minimum absolute atomic E-state index is 0.126. The van der Waals surface area contributed by atoms with Gasteiger partial charge in [0.25, 0.3) is 5.91 Å². The van der Waals surface area contributed by atoms with Crippen molar-refractivity contribution in [1.82, 2.24) is 15.0 Å². The highest BCUT2D eigenvalue weighted by Gasteiger charge is 2.22. The molecule has 0 spiro atoms. The summed E-state index contributed by atoms with van der Waals surface area (Å²) in [5.41, 5.74) is 1.20. The third kappa shape index (κ3) is 4.43. The molecule has 1 aromatic heterocycles. The number of aromatic nitrogens is 2. The van der Waals surface area contributed by atoms with Crippen molar-refractivity contribution in [2.24, 2.45) is 0 Å². The first kappa shape index (κ1) is 20.9. The van der Waals surface area contributed by atoms with Crippen molar-refractivity contribution in [3.05, 3.63) is 66.6 Å². The number of carbonyl (C=O) groups excluding carboxylic acids is 1. The molecule has 0 bridgehead atoms. The Hall–Kier alpha value is -3.81. The number of nitrogens with zero attached hydrogens (tertiary/aromatic N) is 3. The zero-order chi connectivity index (χ0) is 21.5. The number of hydrogen-bond acceptors (Lipinski definition) is 7. The van der Waals surface area contributed by atoms with E-state index in [0.29, 0.717) is 41.1 Å². The van der Waals surface area contributed by atoms with Gasteiger partial charge in [-0.3, -0.25) is 4.79 Å². The van der Waals surface area contributed by atoms with Crippen LogP contribution >= 0.6 is 0 Å². The van der Waals surface area contributed by atoms with Gasteiger partial charge >= 0.3 is 0 Å². The van der Waals surface area contributed by atoms with E-state index in [4.69, 9.17) is 18.7 Å². The minimum Gasteiger partial charge on any atom is -0.493 e. The third-order valence-corrected chi connectivity index (χ3v) is 4.37. The lowest BCUT2D eigenvalue weighted by Crippen LogP contribution is -2.31.